The number of fused-ring (bicyclic) bond motifs is 1. The van der Waals surface area contributed by atoms with E-state index in [2.05, 4.69) is 19.2 Å². The fourth-order valence-corrected chi connectivity index (χ4v) is 3.34. The predicted molar refractivity (Wildman–Crippen MR) is 95.0 cm³/mol. The van der Waals surface area contributed by atoms with E-state index >= 15 is 0 Å². The Morgan fingerprint density at radius 1 is 1.16 bits per heavy atom. The van der Waals surface area contributed by atoms with Gasteiger partial charge in [0.1, 0.15) is 13.2 Å². The summed E-state index contributed by atoms with van der Waals surface area (Å²) in [7, 11) is 0. The number of hydrogen-bond acceptors (Lipinski definition) is 5. The van der Waals surface area contributed by atoms with Crippen molar-refractivity contribution in [2.45, 2.75) is 32.1 Å². The van der Waals surface area contributed by atoms with Crippen LogP contribution in [-0.4, -0.2) is 45.4 Å². The predicted octanol–water partition coefficient (Wildman–Crippen LogP) is 1.61. The van der Waals surface area contributed by atoms with Gasteiger partial charge in [0.15, 0.2) is 11.5 Å². The maximum Gasteiger partial charge on any atom is 0.227 e. The Labute approximate surface area is 149 Å². The van der Waals surface area contributed by atoms with Crippen LogP contribution in [0, 0.1) is 5.41 Å². The maximum absolute atomic E-state index is 12.8. The fraction of sp³-hybridized carbons (Fsp3) is 0.632. The van der Waals surface area contributed by atoms with Crippen LogP contribution in [0.25, 0.3) is 0 Å². The number of nitrogens with two attached hydrogens (primary N) is 1. The molecule has 6 heteroatoms. The van der Waals surface area contributed by atoms with Gasteiger partial charge in [-0.05, 0) is 30.5 Å². The quantitative estimate of drug-likeness (QED) is 0.845. The third kappa shape index (κ3) is 3.75. The van der Waals surface area contributed by atoms with Gasteiger partial charge in [-0.15, -0.1) is 0 Å². The molecule has 0 radical (unpaired) electrons. The van der Waals surface area contributed by atoms with Gasteiger partial charge in [-0.3, -0.25) is 4.79 Å². The van der Waals surface area contributed by atoms with E-state index in [-0.39, 0.29) is 11.3 Å². The molecule has 2 aliphatic rings. The standard InChI is InChI=1S/C19H28N2O4/c1-18(2,14-3-4-15-16(11-14)25-10-9-24-15)13-21-17(22)19(12-20)5-7-23-8-6-19/h3-4,11H,5-10,12-13,20H2,1-2H3,(H,21,22). The zero-order valence-corrected chi connectivity index (χ0v) is 15.1. The molecular formula is C19H28N2O4. The second-order valence-corrected chi connectivity index (χ2v) is 7.52. The number of ether oxygens (including phenoxy) is 3. The first-order chi connectivity index (χ1) is 12.0. The van der Waals surface area contributed by atoms with Crippen LogP contribution in [0.15, 0.2) is 18.2 Å². The Morgan fingerprint density at radius 3 is 2.52 bits per heavy atom. The van der Waals surface area contributed by atoms with Gasteiger partial charge in [0.25, 0.3) is 0 Å². The van der Waals surface area contributed by atoms with E-state index in [1.165, 1.54) is 0 Å². The van der Waals surface area contributed by atoms with E-state index in [1.54, 1.807) is 0 Å². The summed E-state index contributed by atoms with van der Waals surface area (Å²) in [6.45, 7) is 7.44. The minimum Gasteiger partial charge on any atom is -0.486 e. The van der Waals surface area contributed by atoms with E-state index < -0.39 is 5.41 Å². The van der Waals surface area contributed by atoms with Crippen LogP contribution in [0.1, 0.15) is 32.3 Å². The second kappa shape index (κ2) is 7.22. The van der Waals surface area contributed by atoms with E-state index in [0.717, 1.165) is 17.1 Å². The lowest BCUT2D eigenvalue weighted by Crippen LogP contribution is -2.51. The molecule has 3 N–H and O–H groups in total. The number of benzene rings is 1. The van der Waals surface area contributed by atoms with Gasteiger partial charge in [-0.1, -0.05) is 19.9 Å². The van der Waals surface area contributed by atoms with E-state index in [4.69, 9.17) is 19.9 Å². The van der Waals surface area contributed by atoms with Crippen molar-refractivity contribution in [2.75, 3.05) is 39.5 Å². The Kier molecular flexibility index (Phi) is 5.20. The van der Waals surface area contributed by atoms with Gasteiger partial charge >= 0.3 is 0 Å². The Balaban J connectivity index is 1.68. The molecule has 1 aromatic carbocycles. The largest absolute Gasteiger partial charge is 0.486 e. The van der Waals surface area contributed by atoms with Crippen LogP contribution >= 0.6 is 0 Å². The van der Waals surface area contributed by atoms with Crippen molar-refractivity contribution in [3.8, 4) is 11.5 Å². The van der Waals surface area contributed by atoms with Gasteiger partial charge in [0.05, 0.1) is 5.41 Å². The molecule has 0 atom stereocenters. The molecule has 0 unspecified atom stereocenters. The lowest BCUT2D eigenvalue weighted by Gasteiger charge is -2.36. The molecule has 2 heterocycles. The minimum absolute atomic E-state index is 0.0314. The van der Waals surface area contributed by atoms with Crippen molar-refractivity contribution in [1.29, 1.82) is 0 Å². The van der Waals surface area contributed by atoms with Gasteiger partial charge in [-0.25, -0.2) is 0 Å². The van der Waals surface area contributed by atoms with Crippen molar-refractivity contribution in [1.82, 2.24) is 5.32 Å². The van der Waals surface area contributed by atoms with Crippen molar-refractivity contribution in [3.05, 3.63) is 23.8 Å². The van der Waals surface area contributed by atoms with Gasteiger partial charge < -0.3 is 25.3 Å². The summed E-state index contributed by atoms with van der Waals surface area (Å²) >= 11 is 0. The topological polar surface area (TPSA) is 82.8 Å². The number of carbonyl (C=O) groups is 1. The zero-order valence-electron chi connectivity index (χ0n) is 15.1. The van der Waals surface area contributed by atoms with Gasteiger partial charge in [-0.2, -0.15) is 0 Å². The highest BCUT2D eigenvalue weighted by Crippen LogP contribution is 2.35. The van der Waals surface area contributed by atoms with Crippen molar-refractivity contribution in [2.24, 2.45) is 11.1 Å². The highest BCUT2D eigenvalue weighted by molar-refractivity contribution is 5.83. The van der Waals surface area contributed by atoms with Crippen LogP contribution in [0.4, 0.5) is 0 Å². The van der Waals surface area contributed by atoms with Crippen molar-refractivity contribution >= 4 is 5.91 Å². The highest BCUT2D eigenvalue weighted by Gasteiger charge is 2.39. The fourth-order valence-electron chi connectivity index (χ4n) is 3.34. The van der Waals surface area contributed by atoms with E-state index in [9.17, 15) is 4.79 Å². The summed E-state index contributed by atoms with van der Waals surface area (Å²) < 4.78 is 16.6. The summed E-state index contributed by atoms with van der Waals surface area (Å²) in [6, 6.07) is 5.98. The summed E-state index contributed by atoms with van der Waals surface area (Å²) in [6.07, 6.45) is 1.36. The summed E-state index contributed by atoms with van der Waals surface area (Å²) in [4.78, 5) is 12.8. The third-order valence-corrected chi connectivity index (χ3v) is 5.34. The minimum atomic E-state index is -0.499. The molecule has 25 heavy (non-hydrogen) atoms. The average molecular weight is 348 g/mol. The molecule has 3 rings (SSSR count). The van der Waals surface area contributed by atoms with Crippen LogP contribution in [0.2, 0.25) is 0 Å². The molecule has 0 spiro atoms. The smallest absolute Gasteiger partial charge is 0.227 e. The van der Waals surface area contributed by atoms with Crippen molar-refractivity contribution in [3.63, 3.8) is 0 Å². The van der Waals surface area contributed by atoms with Gasteiger partial charge in [0.2, 0.25) is 5.91 Å². The Bertz CT molecular complexity index is 624. The lowest BCUT2D eigenvalue weighted by molar-refractivity contribution is -0.136. The number of nitrogens with one attached hydrogen (secondary N) is 1. The molecule has 1 amide bonds. The lowest BCUT2D eigenvalue weighted by atomic mass is 9.78. The first-order valence-corrected chi connectivity index (χ1v) is 8.93. The maximum atomic E-state index is 12.8. The highest BCUT2D eigenvalue weighted by atomic mass is 16.6. The average Bonchev–Trinajstić information content (AvgIpc) is 2.66. The number of hydrogen-bond donors (Lipinski definition) is 2. The van der Waals surface area contributed by atoms with Crippen LogP contribution < -0.4 is 20.5 Å². The molecular weight excluding hydrogens is 320 g/mol. The molecule has 1 saturated heterocycles. The second-order valence-electron chi connectivity index (χ2n) is 7.52. The molecule has 1 fully saturated rings. The summed E-state index contributed by atoms with van der Waals surface area (Å²) in [5.74, 6) is 1.58. The molecule has 0 saturated carbocycles. The van der Waals surface area contributed by atoms with Gasteiger partial charge in [0, 0.05) is 31.7 Å². The van der Waals surface area contributed by atoms with Crippen molar-refractivity contribution < 1.29 is 19.0 Å². The molecule has 1 aromatic rings. The first kappa shape index (κ1) is 18.0. The SMILES string of the molecule is CC(C)(CNC(=O)C1(CN)CCOCC1)c1ccc2c(c1)OCCO2. The third-order valence-electron chi connectivity index (χ3n) is 5.34. The Hall–Kier alpha value is -1.79. The number of amides is 1. The zero-order chi connectivity index (χ0) is 17.9. The number of carbonyl (C=O) groups excluding carboxylic acids is 1. The molecule has 2 aliphatic heterocycles. The van der Waals surface area contributed by atoms with E-state index in [1.807, 2.05) is 18.2 Å². The number of rotatable bonds is 5. The molecule has 6 nitrogen and oxygen atoms in total. The van der Waals surface area contributed by atoms with Crippen LogP contribution in [0.5, 0.6) is 11.5 Å². The molecule has 0 aromatic heterocycles. The molecule has 0 bridgehead atoms. The molecule has 0 aliphatic carbocycles. The first-order valence-electron chi connectivity index (χ1n) is 8.93. The monoisotopic (exact) mass is 348 g/mol. The summed E-state index contributed by atoms with van der Waals surface area (Å²) in [5, 5.41) is 3.12. The van der Waals surface area contributed by atoms with Crippen LogP contribution in [0.3, 0.4) is 0 Å². The molecule has 138 valence electrons. The Morgan fingerprint density at radius 2 is 1.84 bits per heavy atom. The normalized spacial score (nSPS) is 19.3. The summed E-state index contributed by atoms with van der Waals surface area (Å²) in [5.41, 5.74) is 6.29. The van der Waals surface area contributed by atoms with Crippen LogP contribution in [-0.2, 0) is 14.9 Å². The van der Waals surface area contributed by atoms with E-state index in [0.29, 0.717) is 52.4 Å².